The molecule has 0 unspecified atom stereocenters. The van der Waals surface area contributed by atoms with E-state index in [1.54, 1.807) is 9.80 Å². The van der Waals surface area contributed by atoms with Crippen LogP contribution in [0.5, 0.6) is 0 Å². The van der Waals surface area contributed by atoms with Crippen LogP contribution in [0.25, 0.3) is 5.65 Å². The molecule has 9 heteroatoms. The number of nitrogens with one attached hydrogen (secondary N) is 1. The summed E-state index contributed by atoms with van der Waals surface area (Å²) in [6.07, 6.45) is 1.56. The van der Waals surface area contributed by atoms with Crippen LogP contribution in [0.4, 0.5) is 0 Å². The van der Waals surface area contributed by atoms with Crippen molar-refractivity contribution in [1.29, 1.82) is 0 Å². The number of carbonyl (C=O) groups excluding carboxylic acids is 2. The van der Waals surface area contributed by atoms with Crippen molar-refractivity contribution >= 4 is 17.5 Å². The van der Waals surface area contributed by atoms with Crippen LogP contribution in [0.3, 0.4) is 0 Å². The molecule has 0 bridgehead atoms. The number of H-pyrrole nitrogens is 1. The molecule has 1 fully saturated rings. The molecule has 0 spiro atoms. The van der Waals surface area contributed by atoms with E-state index in [1.807, 2.05) is 13.0 Å². The third-order valence-electron chi connectivity index (χ3n) is 6.04. The summed E-state index contributed by atoms with van der Waals surface area (Å²) in [7, 11) is 0. The van der Waals surface area contributed by atoms with E-state index >= 15 is 0 Å². The van der Waals surface area contributed by atoms with E-state index in [0.29, 0.717) is 50.2 Å². The Morgan fingerprint density at radius 2 is 2.00 bits per heavy atom. The summed E-state index contributed by atoms with van der Waals surface area (Å²) in [5, 5.41) is 12.7. The van der Waals surface area contributed by atoms with Crippen LogP contribution in [0, 0.1) is 0 Å². The van der Waals surface area contributed by atoms with Crippen molar-refractivity contribution in [3.8, 4) is 0 Å². The second-order valence-electron chi connectivity index (χ2n) is 7.94. The highest BCUT2D eigenvalue weighted by Gasteiger charge is 2.28. The molecule has 9 nitrogen and oxygen atoms in total. The predicted octanol–water partition coefficient (Wildman–Crippen LogP) is 0.404. The quantitative estimate of drug-likeness (QED) is 0.774. The fraction of sp³-hybridized carbons (Fsp3) is 0.600. The molecule has 4 heterocycles. The summed E-state index contributed by atoms with van der Waals surface area (Å²) in [6.45, 7) is 5.37. The average Bonchev–Trinajstić information content (AvgIpc) is 3.17. The average molecular weight is 401 g/mol. The van der Waals surface area contributed by atoms with Gasteiger partial charge in [0.1, 0.15) is 6.10 Å². The zero-order chi connectivity index (χ0) is 20.7. The highest BCUT2D eigenvalue weighted by molar-refractivity contribution is 5.80. The Labute approximate surface area is 168 Å². The molecule has 0 aromatic carbocycles. The molecule has 1 atom stereocenters. The smallest absolute Gasteiger partial charge is 0.277 e. The van der Waals surface area contributed by atoms with Crippen LogP contribution in [0.15, 0.2) is 10.9 Å². The first kappa shape index (κ1) is 19.6. The van der Waals surface area contributed by atoms with Crippen molar-refractivity contribution in [1.82, 2.24) is 24.4 Å². The molecule has 2 aromatic heterocycles. The Balaban J connectivity index is 1.57. The Bertz CT molecular complexity index is 1000. The third-order valence-corrected chi connectivity index (χ3v) is 6.04. The van der Waals surface area contributed by atoms with Gasteiger partial charge < -0.3 is 14.9 Å². The highest BCUT2D eigenvalue weighted by atomic mass is 16.3. The summed E-state index contributed by atoms with van der Waals surface area (Å²) in [5.74, 6) is 0.00649. The van der Waals surface area contributed by atoms with Crippen LogP contribution < -0.4 is 5.56 Å². The molecule has 0 radical (unpaired) electrons. The number of aromatic nitrogens is 3. The number of aromatic amines is 1. The van der Waals surface area contributed by atoms with Crippen LogP contribution in [-0.2, 0) is 22.6 Å². The third kappa shape index (κ3) is 3.55. The number of hydrogen-bond donors (Lipinski definition) is 2. The predicted molar refractivity (Wildman–Crippen MR) is 105 cm³/mol. The molecule has 1 saturated heterocycles. The van der Waals surface area contributed by atoms with Gasteiger partial charge in [-0.25, -0.2) is 9.50 Å². The second kappa shape index (κ2) is 7.62. The lowest BCUT2D eigenvalue weighted by molar-refractivity contribution is -0.140. The topological polar surface area (TPSA) is 111 Å². The van der Waals surface area contributed by atoms with Crippen molar-refractivity contribution < 1.29 is 14.7 Å². The van der Waals surface area contributed by atoms with Crippen molar-refractivity contribution in [2.45, 2.75) is 58.1 Å². The van der Waals surface area contributed by atoms with Gasteiger partial charge >= 0.3 is 0 Å². The molecule has 2 aliphatic heterocycles. The molecule has 4 rings (SSSR count). The van der Waals surface area contributed by atoms with E-state index in [0.717, 1.165) is 24.2 Å². The number of likely N-dealkylation sites (tertiary alicyclic amines) is 1. The van der Waals surface area contributed by atoms with Gasteiger partial charge in [0.15, 0.2) is 5.65 Å². The van der Waals surface area contributed by atoms with Gasteiger partial charge in [0.2, 0.25) is 5.91 Å². The van der Waals surface area contributed by atoms with Gasteiger partial charge in [-0.2, -0.15) is 0 Å². The fourth-order valence-corrected chi connectivity index (χ4v) is 4.32. The van der Waals surface area contributed by atoms with E-state index in [-0.39, 0.29) is 23.3 Å². The Hall–Kier alpha value is -2.68. The summed E-state index contributed by atoms with van der Waals surface area (Å²) >= 11 is 0. The zero-order valence-electron chi connectivity index (χ0n) is 16.8. The molecule has 0 aliphatic carbocycles. The lowest BCUT2D eigenvalue weighted by Crippen LogP contribution is -2.42. The number of amides is 2. The standard InChI is InChI=1S/C20H27N5O4/c1-3-18(27)24-9-6-15-14(11-24)20(29)25-17(21-15)10-16(22-25)13-4-7-23(8-5-13)19(28)12(2)26/h10,12-13,22,26H,3-9,11H2,1-2H3/t12-/m0/s1. The van der Waals surface area contributed by atoms with Crippen molar-refractivity contribution in [3.63, 3.8) is 0 Å². The minimum Gasteiger partial charge on any atom is -0.384 e. The lowest BCUT2D eigenvalue weighted by atomic mass is 9.93. The van der Waals surface area contributed by atoms with Gasteiger partial charge in [0.05, 0.1) is 17.8 Å². The Kier molecular flexibility index (Phi) is 5.16. The van der Waals surface area contributed by atoms with Gasteiger partial charge in [-0.1, -0.05) is 6.92 Å². The number of aliphatic hydroxyl groups is 1. The van der Waals surface area contributed by atoms with Gasteiger partial charge in [-0.05, 0) is 19.8 Å². The monoisotopic (exact) mass is 401 g/mol. The van der Waals surface area contributed by atoms with E-state index in [4.69, 9.17) is 0 Å². The molecule has 2 amide bonds. The fourth-order valence-electron chi connectivity index (χ4n) is 4.32. The second-order valence-corrected chi connectivity index (χ2v) is 7.94. The Morgan fingerprint density at radius 3 is 2.66 bits per heavy atom. The molecular weight excluding hydrogens is 374 g/mol. The first-order valence-corrected chi connectivity index (χ1v) is 10.3. The molecular formula is C20H27N5O4. The molecule has 0 saturated carbocycles. The van der Waals surface area contributed by atoms with Crippen LogP contribution in [-0.4, -0.2) is 67.1 Å². The minimum atomic E-state index is -0.979. The van der Waals surface area contributed by atoms with Crippen LogP contribution in [0.2, 0.25) is 0 Å². The molecule has 2 N–H and O–H groups in total. The number of nitrogens with zero attached hydrogens (tertiary/aromatic N) is 4. The molecule has 2 aromatic rings. The normalized spacial score (nSPS) is 18.7. The number of rotatable bonds is 3. The van der Waals surface area contributed by atoms with Crippen molar-refractivity contribution in [3.05, 3.63) is 33.4 Å². The van der Waals surface area contributed by atoms with E-state index < -0.39 is 6.10 Å². The highest BCUT2D eigenvalue weighted by Crippen LogP contribution is 2.28. The van der Waals surface area contributed by atoms with Gasteiger partial charge in [-0.15, -0.1) is 0 Å². The van der Waals surface area contributed by atoms with E-state index in [2.05, 4.69) is 10.1 Å². The number of piperidine rings is 1. The number of aliphatic hydroxyl groups excluding tert-OH is 1. The summed E-state index contributed by atoms with van der Waals surface area (Å²) in [6, 6.07) is 1.92. The minimum absolute atomic E-state index is 0.0471. The maximum absolute atomic E-state index is 13.0. The van der Waals surface area contributed by atoms with E-state index in [1.165, 1.54) is 11.4 Å². The zero-order valence-corrected chi connectivity index (χ0v) is 16.8. The molecule has 29 heavy (non-hydrogen) atoms. The Morgan fingerprint density at radius 1 is 1.28 bits per heavy atom. The van der Waals surface area contributed by atoms with Crippen molar-refractivity contribution in [2.24, 2.45) is 0 Å². The maximum Gasteiger partial charge on any atom is 0.277 e. The lowest BCUT2D eigenvalue weighted by Gasteiger charge is -2.32. The van der Waals surface area contributed by atoms with Crippen LogP contribution in [0.1, 0.15) is 56.0 Å². The maximum atomic E-state index is 13.0. The first-order chi connectivity index (χ1) is 13.9. The number of carbonyl (C=O) groups is 2. The van der Waals surface area contributed by atoms with Gasteiger partial charge in [0.25, 0.3) is 11.5 Å². The van der Waals surface area contributed by atoms with Crippen LogP contribution >= 0.6 is 0 Å². The van der Waals surface area contributed by atoms with Crippen molar-refractivity contribution in [2.75, 3.05) is 19.6 Å². The SMILES string of the molecule is CCC(=O)N1CCc2nc3cc(C4CCN(C(=O)[C@H](C)O)CC4)[nH]n3c(=O)c2C1. The summed E-state index contributed by atoms with van der Waals surface area (Å²) in [5.41, 5.74) is 2.75. The number of fused-ring (bicyclic) bond motifs is 2. The summed E-state index contributed by atoms with van der Waals surface area (Å²) in [4.78, 5) is 45.1. The first-order valence-electron chi connectivity index (χ1n) is 10.3. The number of hydrogen-bond acceptors (Lipinski definition) is 5. The van der Waals surface area contributed by atoms with Gasteiger partial charge in [0, 0.05) is 50.2 Å². The largest absolute Gasteiger partial charge is 0.384 e. The molecule has 2 aliphatic rings. The molecule has 156 valence electrons. The summed E-state index contributed by atoms with van der Waals surface area (Å²) < 4.78 is 1.47. The van der Waals surface area contributed by atoms with E-state index in [9.17, 15) is 19.5 Å². The van der Waals surface area contributed by atoms with Gasteiger partial charge in [-0.3, -0.25) is 19.5 Å².